The van der Waals surface area contributed by atoms with E-state index in [-0.39, 0.29) is 17.8 Å². The van der Waals surface area contributed by atoms with Gasteiger partial charge in [0.15, 0.2) is 5.82 Å². The molecule has 4 rings (SSSR count). The molecule has 2 aromatic heterocycles. The van der Waals surface area contributed by atoms with E-state index in [4.69, 9.17) is 5.73 Å². The van der Waals surface area contributed by atoms with Gasteiger partial charge in [0.25, 0.3) is 11.8 Å². The lowest BCUT2D eigenvalue weighted by molar-refractivity contribution is -0.137. The van der Waals surface area contributed by atoms with E-state index in [1.54, 1.807) is 36.7 Å². The number of nitrogens with two attached hydrogens (primary N) is 1. The van der Waals surface area contributed by atoms with Crippen molar-refractivity contribution in [1.29, 1.82) is 0 Å². The SMILES string of the molecule is NC(=O)C(=O)C(Cc1ccc(Br)cc1)NC(=O)c1cccnc1-n1ccc(-c2ccccc2)n1. The molecule has 0 spiro atoms. The Labute approximate surface area is 203 Å². The van der Waals surface area contributed by atoms with Gasteiger partial charge in [0.2, 0.25) is 5.78 Å². The maximum Gasteiger partial charge on any atom is 0.287 e. The number of benzene rings is 2. The number of carbonyl (C=O) groups excluding carboxylic acids is 3. The Bertz CT molecular complexity index is 1340. The van der Waals surface area contributed by atoms with Gasteiger partial charge in [-0.05, 0) is 35.9 Å². The maximum absolute atomic E-state index is 13.2. The molecule has 2 aromatic carbocycles. The van der Waals surface area contributed by atoms with Gasteiger partial charge in [0.05, 0.1) is 11.3 Å². The van der Waals surface area contributed by atoms with Gasteiger partial charge >= 0.3 is 0 Å². The monoisotopic (exact) mass is 517 g/mol. The molecule has 1 atom stereocenters. The molecule has 1 unspecified atom stereocenters. The fourth-order valence-electron chi connectivity index (χ4n) is 3.43. The van der Waals surface area contributed by atoms with Crippen LogP contribution in [0.3, 0.4) is 0 Å². The Balaban J connectivity index is 1.61. The van der Waals surface area contributed by atoms with E-state index in [1.165, 1.54) is 4.68 Å². The van der Waals surface area contributed by atoms with E-state index in [0.29, 0.717) is 0 Å². The molecule has 4 aromatic rings. The summed E-state index contributed by atoms with van der Waals surface area (Å²) >= 11 is 3.36. The summed E-state index contributed by atoms with van der Waals surface area (Å²) in [7, 11) is 0. The number of halogens is 1. The van der Waals surface area contributed by atoms with Crippen LogP contribution in [0.5, 0.6) is 0 Å². The van der Waals surface area contributed by atoms with Crippen molar-refractivity contribution in [2.24, 2.45) is 5.73 Å². The summed E-state index contributed by atoms with van der Waals surface area (Å²) in [6.45, 7) is 0. The first-order valence-corrected chi connectivity index (χ1v) is 11.2. The lowest BCUT2D eigenvalue weighted by Gasteiger charge is -2.17. The molecule has 2 heterocycles. The molecular weight excluding hydrogens is 498 g/mol. The Hall–Kier alpha value is -4.11. The number of nitrogens with zero attached hydrogens (tertiary/aromatic N) is 3. The van der Waals surface area contributed by atoms with E-state index >= 15 is 0 Å². The molecule has 0 bridgehead atoms. The lowest BCUT2D eigenvalue weighted by Crippen LogP contribution is -2.47. The highest BCUT2D eigenvalue weighted by molar-refractivity contribution is 9.10. The average molecular weight is 518 g/mol. The molecule has 0 radical (unpaired) electrons. The van der Waals surface area contributed by atoms with E-state index in [0.717, 1.165) is 21.3 Å². The zero-order valence-electron chi connectivity index (χ0n) is 17.9. The number of rotatable bonds is 8. The number of hydrogen-bond donors (Lipinski definition) is 2. The van der Waals surface area contributed by atoms with Crippen LogP contribution in [0.4, 0.5) is 0 Å². The summed E-state index contributed by atoms with van der Waals surface area (Å²) in [5.74, 6) is -2.28. The summed E-state index contributed by atoms with van der Waals surface area (Å²) in [6.07, 6.45) is 3.36. The predicted molar refractivity (Wildman–Crippen MR) is 130 cm³/mol. The maximum atomic E-state index is 13.2. The van der Waals surface area contributed by atoms with Gasteiger partial charge in [-0.25, -0.2) is 9.67 Å². The van der Waals surface area contributed by atoms with E-state index in [2.05, 4.69) is 31.3 Å². The first-order chi connectivity index (χ1) is 16.4. The second kappa shape index (κ2) is 10.2. The molecule has 0 saturated carbocycles. The fraction of sp³-hybridized carbons (Fsp3) is 0.0800. The van der Waals surface area contributed by atoms with E-state index in [1.807, 2.05) is 48.5 Å². The van der Waals surface area contributed by atoms with Crippen molar-refractivity contribution in [2.75, 3.05) is 0 Å². The number of hydrogen-bond acceptors (Lipinski definition) is 5. The Morgan fingerprint density at radius 3 is 2.41 bits per heavy atom. The minimum absolute atomic E-state index is 0.107. The normalized spacial score (nSPS) is 11.6. The van der Waals surface area contributed by atoms with Crippen molar-refractivity contribution in [3.8, 4) is 17.1 Å². The first-order valence-electron chi connectivity index (χ1n) is 10.4. The van der Waals surface area contributed by atoms with Crippen molar-refractivity contribution in [3.63, 3.8) is 0 Å². The van der Waals surface area contributed by atoms with Gasteiger partial charge in [0.1, 0.15) is 6.04 Å². The van der Waals surface area contributed by atoms with Crippen LogP contribution in [-0.4, -0.2) is 38.4 Å². The van der Waals surface area contributed by atoms with Gasteiger partial charge < -0.3 is 11.1 Å². The molecule has 8 nitrogen and oxygen atoms in total. The van der Waals surface area contributed by atoms with Crippen LogP contribution >= 0.6 is 15.9 Å². The Morgan fingerprint density at radius 1 is 0.971 bits per heavy atom. The van der Waals surface area contributed by atoms with E-state index < -0.39 is 23.6 Å². The molecule has 0 aliphatic heterocycles. The predicted octanol–water partition coefficient (Wildman–Crippen LogP) is 3.09. The minimum atomic E-state index is -1.13. The highest BCUT2D eigenvalue weighted by Gasteiger charge is 2.27. The molecule has 0 saturated heterocycles. The van der Waals surface area contributed by atoms with Crippen LogP contribution in [-0.2, 0) is 16.0 Å². The van der Waals surface area contributed by atoms with Crippen LogP contribution < -0.4 is 11.1 Å². The summed E-state index contributed by atoms with van der Waals surface area (Å²) < 4.78 is 2.36. The molecule has 34 heavy (non-hydrogen) atoms. The number of pyridine rings is 1. The average Bonchev–Trinajstić information content (AvgIpc) is 3.35. The standard InChI is InChI=1S/C25H20BrN5O3/c26-18-10-8-16(9-11-18)15-21(22(32)23(27)33)29-25(34)19-7-4-13-28-24(19)31-14-12-20(30-31)17-5-2-1-3-6-17/h1-14,21H,15H2,(H2,27,33)(H,29,34). The number of primary amides is 1. The van der Waals surface area contributed by atoms with Crippen molar-refractivity contribution in [3.05, 3.63) is 101 Å². The number of ketones is 1. The second-order valence-electron chi connectivity index (χ2n) is 7.47. The fourth-order valence-corrected chi connectivity index (χ4v) is 3.70. The van der Waals surface area contributed by atoms with Gasteiger partial charge in [-0.3, -0.25) is 14.4 Å². The van der Waals surface area contributed by atoms with Crippen LogP contribution in [0.1, 0.15) is 15.9 Å². The molecule has 3 N–H and O–H groups in total. The van der Waals surface area contributed by atoms with Gasteiger partial charge in [0, 0.05) is 28.9 Å². The Morgan fingerprint density at radius 2 is 1.71 bits per heavy atom. The quantitative estimate of drug-likeness (QED) is 0.348. The summed E-state index contributed by atoms with van der Waals surface area (Å²) in [4.78, 5) is 41.6. The zero-order chi connectivity index (χ0) is 24.1. The smallest absolute Gasteiger partial charge is 0.287 e. The van der Waals surface area contributed by atoms with Crippen LogP contribution in [0.2, 0.25) is 0 Å². The number of aromatic nitrogens is 3. The first kappa shape index (κ1) is 23.1. The topological polar surface area (TPSA) is 120 Å². The molecule has 9 heteroatoms. The highest BCUT2D eigenvalue weighted by atomic mass is 79.9. The third-order valence-electron chi connectivity index (χ3n) is 5.12. The van der Waals surface area contributed by atoms with Crippen molar-refractivity contribution < 1.29 is 14.4 Å². The van der Waals surface area contributed by atoms with Gasteiger partial charge in [-0.2, -0.15) is 5.10 Å². The van der Waals surface area contributed by atoms with Gasteiger partial charge in [-0.15, -0.1) is 0 Å². The number of nitrogens with one attached hydrogen (secondary N) is 1. The number of Topliss-reactive ketones (excluding diaryl/α,β-unsaturated/α-hetero) is 1. The third-order valence-corrected chi connectivity index (χ3v) is 5.65. The van der Waals surface area contributed by atoms with Gasteiger partial charge in [-0.1, -0.05) is 58.4 Å². The van der Waals surface area contributed by atoms with Crippen molar-refractivity contribution >= 4 is 33.5 Å². The molecule has 170 valence electrons. The molecule has 0 aliphatic carbocycles. The van der Waals surface area contributed by atoms with E-state index in [9.17, 15) is 14.4 Å². The second-order valence-corrected chi connectivity index (χ2v) is 8.39. The van der Waals surface area contributed by atoms with Crippen LogP contribution in [0, 0.1) is 0 Å². The number of carbonyl (C=O) groups is 3. The molecular formula is C25H20BrN5O3. The van der Waals surface area contributed by atoms with Crippen molar-refractivity contribution in [2.45, 2.75) is 12.5 Å². The summed E-state index contributed by atoms with van der Waals surface area (Å²) in [5, 5.41) is 7.18. The van der Waals surface area contributed by atoms with Crippen LogP contribution in [0.25, 0.3) is 17.1 Å². The molecule has 0 aliphatic rings. The van der Waals surface area contributed by atoms with Crippen molar-refractivity contribution in [1.82, 2.24) is 20.1 Å². The summed E-state index contributed by atoms with van der Waals surface area (Å²) in [6, 6.07) is 20.7. The molecule has 2 amide bonds. The van der Waals surface area contributed by atoms with Crippen LogP contribution in [0.15, 0.2) is 89.7 Å². The Kier molecular flexibility index (Phi) is 6.93. The zero-order valence-corrected chi connectivity index (χ0v) is 19.5. The lowest BCUT2D eigenvalue weighted by atomic mass is 10.0. The molecule has 0 fully saturated rings. The third kappa shape index (κ3) is 5.26. The highest BCUT2D eigenvalue weighted by Crippen LogP contribution is 2.19. The minimum Gasteiger partial charge on any atom is -0.363 e. The largest absolute Gasteiger partial charge is 0.363 e. The summed E-state index contributed by atoms with van der Waals surface area (Å²) in [5.41, 5.74) is 7.83. The number of amides is 2.